The number of nitrogens with one attached hydrogen (secondary N) is 2. The van der Waals surface area contributed by atoms with Gasteiger partial charge in [0.25, 0.3) is 0 Å². The molecule has 0 spiro atoms. The van der Waals surface area contributed by atoms with E-state index in [0.29, 0.717) is 23.9 Å². The van der Waals surface area contributed by atoms with Crippen LogP contribution in [0.4, 0.5) is 0 Å². The van der Waals surface area contributed by atoms with Gasteiger partial charge in [0, 0.05) is 32.0 Å². The van der Waals surface area contributed by atoms with E-state index < -0.39 is 10.0 Å². The minimum atomic E-state index is -3.37. The van der Waals surface area contributed by atoms with E-state index in [0.717, 1.165) is 25.1 Å². The van der Waals surface area contributed by atoms with Crippen LogP contribution in [-0.2, 0) is 16.6 Å². The summed E-state index contributed by atoms with van der Waals surface area (Å²) >= 11 is 0. The van der Waals surface area contributed by atoms with Crippen LogP contribution in [0.3, 0.4) is 0 Å². The molecule has 0 unspecified atom stereocenters. The standard InChI is InChI=1S/C15H27N3O2S/c1-3-16-10-14-9-15(11-17-14)21(19,20)18(2)12-13-7-5-4-6-8-13/h9,11,13,16-17H,3-8,10,12H2,1-2H3. The van der Waals surface area contributed by atoms with E-state index >= 15 is 0 Å². The van der Waals surface area contributed by atoms with Gasteiger partial charge < -0.3 is 10.3 Å². The van der Waals surface area contributed by atoms with Crippen molar-refractivity contribution in [2.45, 2.75) is 50.5 Å². The molecule has 5 nitrogen and oxygen atoms in total. The van der Waals surface area contributed by atoms with Gasteiger partial charge in [0.1, 0.15) is 0 Å². The number of nitrogens with zero attached hydrogens (tertiary/aromatic N) is 1. The third kappa shape index (κ3) is 4.31. The highest BCUT2D eigenvalue weighted by Gasteiger charge is 2.25. The normalized spacial score (nSPS) is 17.5. The molecule has 1 saturated carbocycles. The first-order chi connectivity index (χ1) is 10.0. The van der Waals surface area contributed by atoms with E-state index in [2.05, 4.69) is 10.3 Å². The summed E-state index contributed by atoms with van der Waals surface area (Å²) < 4.78 is 26.7. The zero-order valence-corrected chi connectivity index (χ0v) is 13.9. The molecule has 1 fully saturated rings. The molecule has 6 heteroatoms. The molecule has 0 amide bonds. The molecule has 2 rings (SSSR count). The van der Waals surface area contributed by atoms with Gasteiger partial charge in [-0.05, 0) is 31.4 Å². The van der Waals surface area contributed by atoms with Gasteiger partial charge in [0.15, 0.2) is 0 Å². The third-order valence-corrected chi connectivity index (χ3v) is 6.03. The molecule has 120 valence electrons. The lowest BCUT2D eigenvalue weighted by Gasteiger charge is -2.26. The Bertz CT molecular complexity index is 533. The van der Waals surface area contributed by atoms with Crippen LogP contribution in [-0.4, -0.2) is 37.8 Å². The van der Waals surface area contributed by atoms with Crippen molar-refractivity contribution in [2.24, 2.45) is 5.92 Å². The molecule has 1 aromatic heterocycles. The second kappa shape index (κ2) is 7.42. The summed E-state index contributed by atoms with van der Waals surface area (Å²) in [7, 11) is -1.67. The van der Waals surface area contributed by atoms with Crippen molar-refractivity contribution in [3.8, 4) is 0 Å². The highest BCUT2D eigenvalue weighted by Crippen LogP contribution is 2.26. The van der Waals surface area contributed by atoms with E-state index in [1.54, 1.807) is 19.3 Å². The zero-order chi connectivity index (χ0) is 15.3. The summed E-state index contributed by atoms with van der Waals surface area (Å²) in [5.74, 6) is 0.513. The molecule has 0 radical (unpaired) electrons. The molecule has 0 saturated heterocycles. The third-order valence-electron chi connectivity index (χ3n) is 4.23. The predicted molar refractivity (Wildman–Crippen MR) is 84.6 cm³/mol. The first-order valence-corrected chi connectivity index (χ1v) is 9.32. The maximum absolute atomic E-state index is 12.6. The van der Waals surface area contributed by atoms with E-state index in [9.17, 15) is 8.42 Å². The average molecular weight is 313 g/mol. The van der Waals surface area contributed by atoms with Gasteiger partial charge in [0.05, 0.1) is 4.90 Å². The smallest absolute Gasteiger partial charge is 0.244 e. The van der Waals surface area contributed by atoms with E-state index in [4.69, 9.17) is 0 Å². The van der Waals surface area contributed by atoms with Crippen LogP contribution in [0.1, 0.15) is 44.7 Å². The second-order valence-corrected chi connectivity index (χ2v) is 7.98. The maximum atomic E-state index is 12.6. The Labute approximate surface area is 128 Å². The van der Waals surface area contributed by atoms with Gasteiger partial charge in [-0.3, -0.25) is 0 Å². The molecule has 0 bridgehead atoms. The van der Waals surface area contributed by atoms with Crippen LogP contribution in [0.15, 0.2) is 17.2 Å². The van der Waals surface area contributed by atoms with Crippen LogP contribution in [0.2, 0.25) is 0 Å². The summed E-state index contributed by atoms with van der Waals surface area (Å²) in [6.07, 6.45) is 7.65. The Kier molecular flexibility index (Phi) is 5.84. The van der Waals surface area contributed by atoms with Crippen LogP contribution >= 0.6 is 0 Å². The Morgan fingerprint density at radius 1 is 1.33 bits per heavy atom. The van der Waals surface area contributed by atoms with E-state index in [1.165, 1.54) is 23.6 Å². The van der Waals surface area contributed by atoms with Gasteiger partial charge in [0.2, 0.25) is 10.0 Å². The molecule has 1 aliphatic carbocycles. The average Bonchev–Trinajstić information content (AvgIpc) is 2.95. The van der Waals surface area contributed by atoms with Crippen molar-refractivity contribution in [1.82, 2.24) is 14.6 Å². The van der Waals surface area contributed by atoms with Crippen molar-refractivity contribution < 1.29 is 8.42 Å². The fraction of sp³-hybridized carbons (Fsp3) is 0.733. The zero-order valence-electron chi connectivity index (χ0n) is 13.1. The Hall–Kier alpha value is -0.850. The number of H-pyrrole nitrogens is 1. The predicted octanol–water partition coefficient (Wildman–Crippen LogP) is 2.32. The molecule has 0 aromatic carbocycles. The molecule has 0 aliphatic heterocycles. The van der Waals surface area contributed by atoms with Gasteiger partial charge in [-0.2, -0.15) is 0 Å². The first kappa shape index (κ1) is 16.5. The van der Waals surface area contributed by atoms with Gasteiger partial charge >= 0.3 is 0 Å². The molecular weight excluding hydrogens is 286 g/mol. The van der Waals surface area contributed by atoms with Crippen LogP contribution in [0.25, 0.3) is 0 Å². The molecule has 0 atom stereocenters. The Morgan fingerprint density at radius 3 is 2.71 bits per heavy atom. The number of aromatic amines is 1. The Balaban J connectivity index is 2.00. The SMILES string of the molecule is CCNCc1cc(S(=O)(=O)N(C)CC2CCCCC2)c[nH]1. The molecule has 1 aromatic rings. The summed E-state index contributed by atoms with van der Waals surface area (Å²) in [5.41, 5.74) is 0.904. The minimum Gasteiger partial charge on any atom is -0.363 e. The van der Waals surface area contributed by atoms with Crippen molar-refractivity contribution in [3.63, 3.8) is 0 Å². The second-order valence-electron chi connectivity index (χ2n) is 5.93. The largest absolute Gasteiger partial charge is 0.363 e. The summed E-state index contributed by atoms with van der Waals surface area (Å²) in [6, 6.07) is 1.73. The van der Waals surface area contributed by atoms with Gasteiger partial charge in [-0.1, -0.05) is 26.2 Å². The summed E-state index contributed by atoms with van der Waals surface area (Å²) in [4.78, 5) is 3.41. The lowest BCUT2D eigenvalue weighted by molar-refractivity contribution is 0.300. The molecular formula is C15H27N3O2S. The molecule has 21 heavy (non-hydrogen) atoms. The summed E-state index contributed by atoms with van der Waals surface area (Å²) in [5, 5.41) is 3.18. The molecule has 2 N–H and O–H groups in total. The van der Waals surface area contributed by atoms with Crippen LogP contribution < -0.4 is 5.32 Å². The van der Waals surface area contributed by atoms with E-state index in [-0.39, 0.29) is 0 Å². The number of hydrogen-bond donors (Lipinski definition) is 2. The van der Waals surface area contributed by atoms with Crippen LogP contribution in [0.5, 0.6) is 0 Å². The van der Waals surface area contributed by atoms with Crippen molar-refractivity contribution >= 4 is 10.0 Å². The number of rotatable bonds is 7. The highest BCUT2D eigenvalue weighted by atomic mass is 32.2. The minimum absolute atomic E-state index is 0.369. The highest BCUT2D eigenvalue weighted by molar-refractivity contribution is 7.89. The first-order valence-electron chi connectivity index (χ1n) is 7.88. The number of hydrogen-bond acceptors (Lipinski definition) is 3. The van der Waals surface area contributed by atoms with Gasteiger partial charge in [-0.25, -0.2) is 12.7 Å². The molecule has 1 heterocycles. The fourth-order valence-corrected chi connectivity index (χ4v) is 4.21. The van der Waals surface area contributed by atoms with Crippen molar-refractivity contribution in [3.05, 3.63) is 18.0 Å². The Morgan fingerprint density at radius 2 is 2.05 bits per heavy atom. The monoisotopic (exact) mass is 313 g/mol. The van der Waals surface area contributed by atoms with Gasteiger partial charge in [-0.15, -0.1) is 0 Å². The van der Waals surface area contributed by atoms with Crippen molar-refractivity contribution in [1.29, 1.82) is 0 Å². The lowest BCUT2D eigenvalue weighted by atomic mass is 9.89. The molecule has 1 aliphatic rings. The fourth-order valence-electron chi connectivity index (χ4n) is 2.94. The number of aromatic nitrogens is 1. The van der Waals surface area contributed by atoms with E-state index in [1.807, 2.05) is 6.92 Å². The van der Waals surface area contributed by atoms with Crippen molar-refractivity contribution in [2.75, 3.05) is 20.1 Å². The topological polar surface area (TPSA) is 65.2 Å². The lowest BCUT2D eigenvalue weighted by Crippen LogP contribution is -2.32. The quantitative estimate of drug-likeness (QED) is 0.812. The number of sulfonamides is 1. The maximum Gasteiger partial charge on any atom is 0.244 e. The summed E-state index contributed by atoms with van der Waals surface area (Å²) in [6.45, 7) is 4.19. The van der Waals surface area contributed by atoms with Crippen LogP contribution in [0, 0.1) is 5.92 Å².